The molecule has 0 spiro atoms. The van der Waals surface area contributed by atoms with Crippen LogP contribution in [-0.4, -0.2) is 90.8 Å². The molecule has 2 aromatic heterocycles. The summed E-state index contributed by atoms with van der Waals surface area (Å²) in [7, 11) is 1.62. The Hall–Kier alpha value is -3.33. The van der Waals surface area contributed by atoms with E-state index >= 15 is 0 Å². The Morgan fingerprint density at radius 3 is 2.77 bits per heavy atom. The Bertz CT molecular complexity index is 1330. The Morgan fingerprint density at radius 2 is 1.95 bits per heavy atom. The molecule has 5 rings (SSSR count). The van der Waals surface area contributed by atoms with Crippen molar-refractivity contribution in [2.24, 2.45) is 0 Å². The highest BCUT2D eigenvalue weighted by molar-refractivity contribution is 8.00. The van der Waals surface area contributed by atoms with E-state index < -0.39 is 6.09 Å². The molecular formula is C25H30N6O6S2. The molecule has 4 heterocycles. The van der Waals surface area contributed by atoms with Crippen LogP contribution < -0.4 is 25.1 Å². The van der Waals surface area contributed by atoms with E-state index in [9.17, 15) is 9.59 Å². The molecule has 208 valence electrons. The number of aromatic nitrogens is 2. The summed E-state index contributed by atoms with van der Waals surface area (Å²) >= 11 is 2.84. The number of methoxy groups -OCH3 is 1. The van der Waals surface area contributed by atoms with Gasteiger partial charge in [0, 0.05) is 39.3 Å². The standard InChI is InChI=1S/C25H30N6O6S2/c1-16-12-38-23-21(16)26-14-27-24(23)39-13-20(32)28-29-25(33)35-8-7-30-3-5-31(6-4-30)11-17-9-18(34-2)22-19(10-17)36-15-37-22/h9-10,12,14H,3-8,11,13,15H2,1-2H3,(H,28,32)(H,29,33). The second-order valence-electron chi connectivity index (χ2n) is 9.02. The van der Waals surface area contributed by atoms with E-state index in [1.807, 2.05) is 24.4 Å². The van der Waals surface area contributed by atoms with Crippen LogP contribution in [0.1, 0.15) is 11.1 Å². The third-order valence-corrected chi connectivity index (χ3v) is 8.58. The van der Waals surface area contributed by atoms with Gasteiger partial charge >= 0.3 is 6.09 Å². The van der Waals surface area contributed by atoms with Crippen molar-refractivity contribution in [2.75, 3.05) is 59.0 Å². The first kappa shape index (κ1) is 27.2. The molecule has 0 saturated carbocycles. The van der Waals surface area contributed by atoms with Crippen LogP contribution in [0.25, 0.3) is 10.2 Å². The molecule has 39 heavy (non-hydrogen) atoms. The van der Waals surface area contributed by atoms with Gasteiger partial charge in [0.1, 0.15) is 18.0 Å². The van der Waals surface area contributed by atoms with Crippen molar-refractivity contribution < 1.29 is 28.5 Å². The largest absolute Gasteiger partial charge is 0.493 e. The van der Waals surface area contributed by atoms with E-state index in [0.717, 1.165) is 59.1 Å². The maximum absolute atomic E-state index is 12.2. The number of nitrogens with one attached hydrogen (secondary N) is 2. The zero-order chi connectivity index (χ0) is 27.2. The van der Waals surface area contributed by atoms with Crippen LogP contribution in [0.5, 0.6) is 17.2 Å². The van der Waals surface area contributed by atoms with Gasteiger partial charge in [-0.2, -0.15) is 0 Å². The lowest BCUT2D eigenvalue weighted by Crippen LogP contribution is -2.47. The Labute approximate surface area is 233 Å². The van der Waals surface area contributed by atoms with Gasteiger partial charge in [0.15, 0.2) is 11.5 Å². The topological polar surface area (TPSA) is 127 Å². The van der Waals surface area contributed by atoms with Crippen molar-refractivity contribution in [3.05, 3.63) is 35.0 Å². The van der Waals surface area contributed by atoms with E-state index in [0.29, 0.717) is 23.8 Å². The highest BCUT2D eigenvalue weighted by Crippen LogP contribution is 2.42. The van der Waals surface area contributed by atoms with Crippen LogP contribution in [0.15, 0.2) is 28.9 Å². The first-order chi connectivity index (χ1) is 19.0. The molecule has 1 fully saturated rings. The smallest absolute Gasteiger partial charge is 0.426 e. The molecular weight excluding hydrogens is 544 g/mol. The van der Waals surface area contributed by atoms with Gasteiger partial charge in [0.25, 0.3) is 0 Å². The number of hydrogen-bond acceptors (Lipinski definition) is 12. The predicted molar refractivity (Wildman–Crippen MR) is 146 cm³/mol. The number of benzene rings is 1. The van der Waals surface area contributed by atoms with E-state index in [1.54, 1.807) is 18.4 Å². The zero-order valence-corrected chi connectivity index (χ0v) is 23.4. The summed E-state index contributed by atoms with van der Waals surface area (Å²) in [5.74, 6) is 1.81. The highest BCUT2D eigenvalue weighted by atomic mass is 32.2. The van der Waals surface area contributed by atoms with Gasteiger partial charge in [-0.15, -0.1) is 11.3 Å². The van der Waals surface area contributed by atoms with Gasteiger partial charge in [-0.3, -0.25) is 20.0 Å². The maximum atomic E-state index is 12.2. The lowest BCUT2D eigenvalue weighted by molar-refractivity contribution is -0.119. The number of thioether (sulfide) groups is 1. The van der Waals surface area contributed by atoms with Crippen molar-refractivity contribution in [3.63, 3.8) is 0 Å². The van der Waals surface area contributed by atoms with Crippen molar-refractivity contribution in [1.29, 1.82) is 0 Å². The molecule has 0 bridgehead atoms. The molecule has 0 aliphatic carbocycles. The van der Waals surface area contributed by atoms with Crippen LogP contribution >= 0.6 is 23.1 Å². The second-order valence-corrected chi connectivity index (χ2v) is 10.9. The van der Waals surface area contributed by atoms with Crippen molar-refractivity contribution in [3.8, 4) is 17.2 Å². The lowest BCUT2D eigenvalue weighted by Gasteiger charge is -2.34. The number of piperazine rings is 1. The summed E-state index contributed by atoms with van der Waals surface area (Å²) in [5, 5.41) is 2.76. The number of rotatable bonds is 9. The number of fused-ring (bicyclic) bond motifs is 2. The van der Waals surface area contributed by atoms with Crippen LogP contribution in [-0.2, 0) is 16.1 Å². The van der Waals surface area contributed by atoms with Crippen LogP contribution in [0.2, 0.25) is 0 Å². The number of nitrogens with zero attached hydrogens (tertiary/aromatic N) is 4. The Kier molecular flexibility index (Phi) is 8.86. The quantitative estimate of drug-likeness (QED) is 0.222. The number of amides is 2. The molecule has 2 N–H and O–H groups in total. The lowest BCUT2D eigenvalue weighted by atomic mass is 10.1. The Balaban J connectivity index is 0.962. The number of hydrogen-bond donors (Lipinski definition) is 2. The summed E-state index contributed by atoms with van der Waals surface area (Å²) in [6.45, 7) is 7.33. The van der Waals surface area contributed by atoms with E-state index in [4.69, 9.17) is 18.9 Å². The van der Waals surface area contributed by atoms with Crippen LogP contribution in [0.4, 0.5) is 4.79 Å². The van der Waals surface area contributed by atoms with Gasteiger partial charge in [-0.1, -0.05) is 11.8 Å². The SMILES string of the molecule is COc1cc(CN2CCN(CCOC(=O)NNC(=O)CSc3ncnc4c(C)csc34)CC2)cc2c1OCO2. The van der Waals surface area contributed by atoms with Crippen molar-refractivity contribution >= 4 is 45.3 Å². The molecule has 2 aliphatic rings. The number of carbonyl (C=O) groups excluding carboxylic acids is 2. The van der Waals surface area contributed by atoms with Gasteiger partial charge < -0.3 is 18.9 Å². The minimum atomic E-state index is -0.693. The fourth-order valence-electron chi connectivity index (χ4n) is 4.35. The van der Waals surface area contributed by atoms with Gasteiger partial charge in [0.2, 0.25) is 18.4 Å². The summed E-state index contributed by atoms with van der Waals surface area (Å²) < 4.78 is 22.6. The second kappa shape index (κ2) is 12.7. The fourth-order valence-corrected chi connectivity index (χ4v) is 6.24. The molecule has 12 nitrogen and oxygen atoms in total. The van der Waals surface area contributed by atoms with E-state index in [1.165, 1.54) is 18.1 Å². The summed E-state index contributed by atoms with van der Waals surface area (Å²) in [6.07, 6.45) is 0.802. The third kappa shape index (κ3) is 6.82. The molecule has 1 aromatic carbocycles. The number of hydrazine groups is 1. The summed E-state index contributed by atoms with van der Waals surface area (Å²) in [4.78, 5) is 37.3. The van der Waals surface area contributed by atoms with Crippen LogP contribution in [0, 0.1) is 6.92 Å². The van der Waals surface area contributed by atoms with Crippen molar-refractivity contribution in [2.45, 2.75) is 18.5 Å². The van der Waals surface area contributed by atoms with Crippen molar-refractivity contribution in [1.82, 2.24) is 30.6 Å². The molecule has 0 atom stereocenters. The fraction of sp³-hybridized carbons (Fsp3) is 0.440. The average molecular weight is 575 g/mol. The number of aryl methyl sites for hydroxylation is 1. The molecule has 14 heteroatoms. The monoisotopic (exact) mass is 574 g/mol. The summed E-state index contributed by atoms with van der Waals surface area (Å²) in [5.41, 5.74) is 7.76. The number of thiophene rings is 1. The number of ether oxygens (including phenoxy) is 4. The maximum Gasteiger partial charge on any atom is 0.426 e. The minimum absolute atomic E-state index is 0.104. The molecule has 2 aliphatic heterocycles. The molecule has 1 saturated heterocycles. The number of carbonyl (C=O) groups is 2. The molecule has 0 unspecified atom stereocenters. The normalized spacial score (nSPS) is 15.3. The Morgan fingerprint density at radius 1 is 1.13 bits per heavy atom. The minimum Gasteiger partial charge on any atom is -0.493 e. The molecule has 3 aromatic rings. The van der Waals surface area contributed by atoms with Gasteiger partial charge in [-0.05, 0) is 35.6 Å². The predicted octanol–water partition coefficient (Wildman–Crippen LogP) is 2.40. The van der Waals surface area contributed by atoms with Gasteiger partial charge in [-0.25, -0.2) is 20.2 Å². The summed E-state index contributed by atoms with van der Waals surface area (Å²) in [6, 6.07) is 3.99. The molecule has 0 radical (unpaired) electrons. The van der Waals surface area contributed by atoms with E-state index in [2.05, 4.69) is 30.6 Å². The van der Waals surface area contributed by atoms with Crippen LogP contribution in [0.3, 0.4) is 0 Å². The molecule has 2 amide bonds. The highest BCUT2D eigenvalue weighted by Gasteiger charge is 2.22. The first-order valence-corrected chi connectivity index (χ1v) is 14.3. The van der Waals surface area contributed by atoms with E-state index in [-0.39, 0.29) is 25.1 Å². The average Bonchev–Trinajstić information content (AvgIpc) is 3.58. The zero-order valence-electron chi connectivity index (χ0n) is 21.7. The first-order valence-electron chi connectivity index (χ1n) is 12.4. The van der Waals surface area contributed by atoms with Gasteiger partial charge in [0.05, 0.1) is 23.1 Å². The third-order valence-electron chi connectivity index (χ3n) is 6.37.